The summed E-state index contributed by atoms with van der Waals surface area (Å²) in [6, 6.07) is 3.64. The number of nitrogens with zero attached hydrogens (tertiary/aromatic N) is 1. The van der Waals surface area contributed by atoms with Gasteiger partial charge < -0.3 is 18.8 Å². The zero-order valence-corrected chi connectivity index (χ0v) is 11.4. The molecule has 0 aromatic carbocycles. The van der Waals surface area contributed by atoms with Crippen LogP contribution in [0.1, 0.15) is 24.4 Å². The predicted octanol–water partition coefficient (Wildman–Crippen LogP) is 1.97. The zero-order valence-electron chi connectivity index (χ0n) is 11.4. The first-order chi connectivity index (χ1) is 8.60. The number of Topliss-reactive ketones (excluding diaryl/α,β-unsaturated/α-hetero) is 1. The number of hydrogen-bond acceptors (Lipinski definition) is 5. The van der Waals surface area contributed by atoms with Crippen LogP contribution in [0.5, 0.6) is 0 Å². The molecule has 1 aromatic heterocycles. The van der Waals surface area contributed by atoms with E-state index >= 15 is 0 Å². The molecule has 0 saturated heterocycles. The van der Waals surface area contributed by atoms with Gasteiger partial charge in [0, 0.05) is 33.8 Å². The van der Waals surface area contributed by atoms with Crippen LogP contribution >= 0.6 is 0 Å². The summed E-state index contributed by atoms with van der Waals surface area (Å²) >= 11 is 0. The summed E-state index contributed by atoms with van der Waals surface area (Å²) in [6.07, 6.45) is 0. The molecule has 0 N–H and O–H groups in total. The van der Waals surface area contributed by atoms with Gasteiger partial charge in [-0.2, -0.15) is 0 Å². The molecule has 0 amide bonds. The molecular weight excluding hydrogens is 234 g/mol. The van der Waals surface area contributed by atoms with Crippen LogP contribution in [0.2, 0.25) is 0 Å². The number of anilines is 1. The van der Waals surface area contributed by atoms with Gasteiger partial charge in [0.1, 0.15) is 0 Å². The summed E-state index contributed by atoms with van der Waals surface area (Å²) in [5.74, 6) is 0.964. The summed E-state index contributed by atoms with van der Waals surface area (Å²) in [4.78, 5) is 13.3. The van der Waals surface area contributed by atoms with Crippen LogP contribution in [0, 0.1) is 0 Å². The van der Waals surface area contributed by atoms with Gasteiger partial charge in [-0.05, 0) is 13.0 Å². The van der Waals surface area contributed by atoms with Crippen molar-refractivity contribution in [3.63, 3.8) is 0 Å². The van der Waals surface area contributed by atoms with Crippen LogP contribution in [0.25, 0.3) is 0 Å². The maximum Gasteiger partial charge on any atom is 0.196 e. The average Bonchev–Trinajstić information content (AvgIpc) is 2.79. The van der Waals surface area contributed by atoms with Crippen molar-refractivity contribution >= 4 is 11.7 Å². The second-order valence-electron chi connectivity index (χ2n) is 4.18. The lowest BCUT2D eigenvalue weighted by atomic mass is 10.3. The fourth-order valence-electron chi connectivity index (χ4n) is 1.74. The summed E-state index contributed by atoms with van der Waals surface area (Å²) in [7, 11) is 3.32. The Balaban J connectivity index is 2.82. The molecule has 5 nitrogen and oxygen atoms in total. The first-order valence-electron chi connectivity index (χ1n) is 5.95. The van der Waals surface area contributed by atoms with Crippen molar-refractivity contribution in [3.8, 4) is 0 Å². The lowest BCUT2D eigenvalue weighted by molar-refractivity contribution is 0.0987. The lowest BCUT2D eigenvalue weighted by Gasteiger charge is -2.28. The molecule has 0 bridgehead atoms. The van der Waals surface area contributed by atoms with E-state index in [0.717, 1.165) is 0 Å². The molecule has 0 aliphatic rings. The van der Waals surface area contributed by atoms with E-state index in [4.69, 9.17) is 13.9 Å². The van der Waals surface area contributed by atoms with Crippen molar-refractivity contribution in [2.45, 2.75) is 19.9 Å². The quantitative estimate of drug-likeness (QED) is 0.665. The van der Waals surface area contributed by atoms with Gasteiger partial charge in [-0.15, -0.1) is 0 Å². The van der Waals surface area contributed by atoms with E-state index in [1.165, 1.54) is 6.92 Å². The molecule has 1 aromatic rings. The Morgan fingerprint density at radius 1 is 1.39 bits per heavy atom. The predicted molar refractivity (Wildman–Crippen MR) is 69.3 cm³/mol. The SMILES string of the molecule is COCCN(c1ccc(C(C)=O)o1)C(C)COC. The number of hydrogen-bond donors (Lipinski definition) is 0. The molecule has 0 spiro atoms. The second kappa shape index (κ2) is 7.18. The van der Waals surface area contributed by atoms with Crippen LogP contribution < -0.4 is 4.90 Å². The van der Waals surface area contributed by atoms with Crippen LogP contribution in [0.15, 0.2) is 16.5 Å². The average molecular weight is 255 g/mol. The van der Waals surface area contributed by atoms with Crippen molar-refractivity contribution in [2.24, 2.45) is 0 Å². The van der Waals surface area contributed by atoms with Crippen LogP contribution in [0.4, 0.5) is 5.88 Å². The Morgan fingerprint density at radius 2 is 2.11 bits per heavy atom. The highest BCUT2D eigenvalue weighted by molar-refractivity contribution is 5.91. The molecule has 1 atom stereocenters. The van der Waals surface area contributed by atoms with Gasteiger partial charge in [0.15, 0.2) is 17.4 Å². The molecule has 0 fully saturated rings. The Hall–Kier alpha value is -1.33. The van der Waals surface area contributed by atoms with Crippen molar-refractivity contribution in [3.05, 3.63) is 17.9 Å². The van der Waals surface area contributed by atoms with E-state index in [-0.39, 0.29) is 11.8 Å². The number of methoxy groups -OCH3 is 2. The molecule has 1 heterocycles. The minimum Gasteiger partial charge on any atom is -0.437 e. The normalized spacial score (nSPS) is 12.4. The molecule has 18 heavy (non-hydrogen) atoms. The summed E-state index contributed by atoms with van der Waals surface area (Å²) in [5, 5.41) is 0. The third kappa shape index (κ3) is 3.85. The highest BCUT2D eigenvalue weighted by Crippen LogP contribution is 2.21. The molecule has 1 rings (SSSR count). The van der Waals surface area contributed by atoms with Crippen molar-refractivity contribution in [1.82, 2.24) is 0 Å². The minimum absolute atomic E-state index is 0.0765. The Morgan fingerprint density at radius 3 is 2.61 bits per heavy atom. The van der Waals surface area contributed by atoms with Gasteiger partial charge in [-0.25, -0.2) is 0 Å². The lowest BCUT2D eigenvalue weighted by Crippen LogP contribution is -2.38. The maximum atomic E-state index is 11.2. The Labute approximate surface area is 108 Å². The van der Waals surface area contributed by atoms with Gasteiger partial charge in [0.25, 0.3) is 0 Å². The van der Waals surface area contributed by atoms with E-state index in [2.05, 4.69) is 0 Å². The monoisotopic (exact) mass is 255 g/mol. The van der Waals surface area contributed by atoms with Crippen molar-refractivity contribution < 1.29 is 18.7 Å². The molecule has 0 aliphatic heterocycles. The largest absolute Gasteiger partial charge is 0.437 e. The number of rotatable bonds is 8. The van der Waals surface area contributed by atoms with E-state index in [9.17, 15) is 4.79 Å². The minimum atomic E-state index is -0.0765. The Bertz CT molecular complexity index is 375. The second-order valence-corrected chi connectivity index (χ2v) is 4.18. The zero-order chi connectivity index (χ0) is 13.5. The number of ketones is 1. The van der Waals surface area contributed by atoms with Crippen molar-refractivity contribution in [1.29, 1.82) is 0 Å². The maximum absolute atomic E-state index is 11.2. The third-order valence-electron chi connectivity index (χ3n) is 2.70. The van der Waals surface area contributed by atoms with Crippen LogP contribution in [-0.2, 0) is 9.47 Å². The summed E-state index contributed by atoms with van der Waals surface area (Å²) in [5.41, 5.74) is 0. The molecule has 5 heteroatoms. The highest BCUT2D eigenvalue weighted by atomic mass is 16.5. The molecule has 0 radical (unpaired) electrons. The van der Waals surface area contributed by atoms with E-state index in [0.29, 0.717) is 31.4 Å². The fourth-order valence-corrected chi connectivity index (χ4v) is 1.74. The number of furan rings is 1. The van der Waals surface area contributed by atoms with Crippen LogP contribution in [0.3, 0.4) is 0 Å². The molecular formula is C13H21NO4. The van der Waals surface area contributed by atoms with E-state index in [1.54, 1.807) is 26.4 Å². The molecule has 0 aliphatic carbocycles. The Kier molecular flexibility index (Phi) is 5.88. The van der Waals surface area contributed by atoms with Crippen LogP contribution in [-0.4, -0.2) is 45.8 Å². The summed E-state index contributed by atoms with van der Waals surface area (Å²) < 4.78 is 15.8. The summed E-state index contributed by atoms with van der Waals surface area (Å²) in [6.45, 7) is 5.38. The van der Waals surface area contributed by atoms with Gasteiger partial charge in [0.2, 0.25) is 0 Å². The van der Waals surface area contributed by atoms with Crippen molar-refractivity contribution in [2.75, 3.05) is 38.9 Å². The van der Waals surface area contributed by atoms with Gasteiger partial charge >= 0.3 is 0 Å². The first-order valence-corrected chi connectivity index (χ1v) is 5.95. The standard InChI is InChI=1S/C13H21NO4/c1-10(9-17-4)14(7-8-16-3)13-6-5-12(18-13)11(2)15/h5-6,10H,7-9H2,1-4H3. The fraction of sp³-hybridized carbons (Fsp3) is 0.615. The van der Waals surface area contributed by atoms with Gasteiger partial charge in [-0.1, -0.05) is 0 Å². The smallest absolute Gasteiger partial charge is 0.196 e. The number of carbonyl (C=O) groups excluding carboxylic acids is 1. The highest BCUT2D eigenvalue weighted by Gasteiger charge is 2.18. The third-order valence-corrected chi connectivity index (χ3v) is 2.70. The number of ether oxygens (including phenoxy) is 2. The van der Waals surface area contributed by atoms with Gasteiger partial charge in [-0.3, -0.25) is 4.79 Å². The number of carbonyl (C=O) groups is 1. The first kappa shape index (κ1) is 14.7. The van der Waals surface area contributed by atoms with E-state index < -0.39 is 0 Å². The van der Waals surface area contributed by atoms with Gasteiger partial charge in [0.05, 0.1) is 19.3 Å². The van der Waals surface area contributed by atoms with E-state index in [1.807, 2.05) is 11.8 Å². The molecule has 0 saturated carbocycles. The molecule has 102 valence electrons. The topological polar surface area (TPSA) is 51.9 Å². The molecule has 1 unspecified atom stereocenters.